The zero-order valence-corrected chi connectivity index (χ0v) is 20.3. The van der Waals surface area contributed by atoms with Crippen molar-refractivity contribution in [3.05, 3.63) is 95.4 Å². The fourth-order valence-corrected chi connectivity index (χ4v) is 5.34. The summed E-state index contributed by atoms with van der Waals surface area (Å²) in [5.41, 5.74) is 2.34. The van der Waals surface area contributed by atoms with Crippen molar-refractivity contribution in [3.8, 4) is 16.9 Å². The maximum absolute atomic E-state index is 13.6. The van der Waals surface area contributed by atoms with Crippen molar-refractivity contribution in [2.45, 2.75) is 30.3 Å². The van der Waals surface area contributed by atoms with E-state index in [-0.39, 0.29) is 23.2 Å². The van der Waals surface area contributed by atoms with Crippen LogP contribution in [0.1, 0.15) is 34.7 Å². The van der Waals surface area contributed by atoms with Crippen LogP contribution in [0.3, 0.4) is 0 Å². The van der Waals surface area contributed by atoms with E-state index >= 15 is 0 Å². The maximum Gasteiger partial charge on any atom is 0.416 e. The van der Waals surface area contributed by atoms with E-state index in [0.29, 0.717) is 34.4 Å². The SMILES string of the molecule is Cc1ccc(-c2cc(C(F)(F)F)ccc2[C@H]2CCOc3cc(S(=O)(=O)Nc4cccnn4)ccc32)cn1. The Bertz CT molecular complexity index is 1540. The number of ether oxygens (including phenoxy) is 1. The predicted molar refractivity (Wildman–Crippen MR) is 131 cm³/mol. The van der Waals surface area contributed by atoms with Crippen LogP contribution in [0.4, 0.5) is 19.0 Å². The predicted octanol–water partition coefficient (Wildman–Crippen LogP) is 5.58. The molecule has 1 atom stereocenters. The number of alkyl halides is 3. The first-order valence-electron chi connectivity index (χ1n) is 11.3. The Balaban J connectivity index is 1.56. The van der Waals surface area contributed by atoms with Gasteiger partial charge in [0.05, 0.1) is 17.1 Å². The minimum Gasteiger partial charge on any atom is -0.493 e. The van der Waals surface area contributed by atoms with Crippen LogP contribution in [0.25, 0.3) is 11.1 Å². The van der Waals surface area contributed by atoms with E-state index in [0.717, 1.165) is 17.8 Å². The first kappa shape index (κ1) is 24.7. The van der Waals surface area contributed by atoms with Gasteiger partial charge in [0.25, 0.3) is 10.0 Å². The number of rotatable bonds is 5. The first-order chi connectivity index (χ1) is 17.6. The number of halogens is 3. The van der Waals surface area contributed by atoms with Gasteiger partial charge in [0, 0.05) is 41.2 Å². The number of nitrogens with zero attached hydrogens (tertiary/aromatic N) is 3. The largest absolute Gasteiger partial charge is 0.493 e. The summed E-state index contributed by atoms with van der Waals surface area (Å²) in [7, 11) is -3.97. The number of aryl methyl sites for hydroxylation is 1. The molecular formula is C26H21F3N4O3S. The normalized spacial score (nSPS) is 15.5. The lowest BCUT2D eigenvalue weighted by molar-refractivity contribution is -0.137. The Morgan fingerprint density at radius 1 is 1.03 bits per heavy atom. The van der Waals surface area contributed by atoms with Crippen molar-refractivity contribution in [1.82, 2.24) is 15.2 Å². The summed E-state index contributed by atoms with van der Waals surface area (Å²) in [5.74, 6) is 0.110. The van der Waals surface area contributed by atoms with Gasteiger partial charge < -0.3 is 4.74 Å². The molecule has 4 aromatic rings. The number of sulfonamides is 1. The van der Waals surface area contributed by atoms with Gasteiger partial charge in [-0.25, -0.2) is 8.42 Å². The molecule has 190 valence electrons. The highest BCUT2D eigenvalue weighted by Gasteiger charge is 2.33. The molecule has 1 N–H and O–H groups in total. The third-order valence-electron chi connectivity index (χ3n) is 6.12. The highest BCUT2D eigenvalue weighted by molar-refractivity contribution is 7.92. The van der Waals surface area contributed by atoms with Crippen LogP contribution in [0.15, 0.2) is 78.0 Å². The van der Waals surface area contributed by atoms with E-state index in [1.165, 1.54) is 30.5 Å². The van der Waals surface area contributed by atoms with E-state index in [9.17, 15) is 21.6 Å². The molecule has 0 radical (unpaired) electrons. The van der Waals surface area contributed by atoms with Crippen LogP contribution in [0, 0.1) is 6.92 Å². The lowest BCUT2D eigenvalue weighted by Gasteiger charge is -2.29. The average molecular weight is 527 g/mol. The van der Waals surface area contributed by atoms with Gasteiger partial charge in [0.2, 0.25) is 0 Å². The van der Waals surface area contributed by atoms with Crippen LogP contribution in [-0.2, 0) is 16.2 Å². The van der Waals surface area contributed by atoms with Crippen LogP contribution in [0.5, 0.6) is 5.75 Å². The second-order valence-corrected chi connectivity index (χ2v) is 10.3. The first-order valence-corrected chi connectivity index (χ1v) is 12.8. The second kappa shape index (κ2) is 9.47. The smallest absolute Gasteiger partial charge is 0.416 e. The van der Waals surface area contributed by atoms with Crippen LogP contribution in [-0.4, -0.2) is 30.2 Å². The Labute approximate surface area is 211 Å². The summed E-state index contributed by atoms with van der Waals surface area (Å²) >= 11 is 0. The Morgan fingerprint density at radius 2 is 1.84 bits per heavy atom. The van der Waals surface area contributed by atoms with Gasteiger partial charge in [-0.05, 0) is 60.9 Å². The molecule has 2 aromatic heterocycles. The van der Waals surface area contributed by atoms with Gasteiger partial charge in [-0.1, -0.05) is 18.2 Å². The summed E-state index contributed by atoms with van der Waals surface area (Å²) in [4.78, 5) is 4.23. The molecule has 0 unspecified atom stereocenters. The van der Waals surface area contributed by atoms with Crippen molar-refractivity contribution in [3.63, 3.8) is 0 Å². The van der Waals surface area contributed by atoms with E-state index < -0.39 is 21.8 Å². The lowest BCUT2D eigenvalue weighted by Crippen LogP contribution is -2.19. The molecule has 0 aliphatic carbocycles. The van der Waals surface area contributed by atoms with Crippen molar-refractivity contribution < 1.29 is 26.3 Å². The van der Waals surface area contributed by atoms with Crippen molar-refractivity contribution in [2.75, 3.05) is 11.3 Å². The fraction of sp³-hybridized carbons (Fsp3) is 0.192. The Morgan fingerprint density at radius 3 is 2.54 bits per heavy atom. The lowest BCUT2D eigenvalue weighted by atomic mass is 9.82. The van der Waals surface area contributed by atoms with Crippen LogP contribution in [0.2, 0.25) is 0 Å². The zero-order chi connectivity index (χ0) is 26.2. The van der Waals surface area contributed by atoms with E-state index in [2.05, 4.69) is 19.9 Å². The minimum absolute atomic E-state index is 0.0343. The molecule has 37 heavy (non-hydrogen) atoms. The number of pyridine rings is 1. The van der Waals surface area contributed by atoms with Gasteiger partial charge in [-0.3, -0.25) is 9.71 Å². The van der Waals surface area contributed by atoms with E-state index in [1.807, 2.05) is 0 Å². The molecular weight excluding hydrogens is 505 g/mol. The van der Waals surface area contributed by atoms with Crippen molar-refractivity contribution >= 4 is 15.8 Å². The Hall–Kier alpha value is -3.99. The highest BCUT2D eigenvalue weighted by Crippen LogP contribution is 2.44. The monoisotopic (exact) mass is 526 g/mol. The number of hydrogen-bond donors (Lipinski definition) is 1. The van der Waals surface area contributed by atoms with Crippen LogP contribution >= 0.6 is 0 Å². The molecule has 2 aromatic carbocycles. The molecule has 0 bridgehead atoms. The molecule has 0 amide bonds. The van der Waals surface area contributed by atoms with Gasteiger partial charge in [-0.2, -0.15) is 18.3 Å². The van der Waals surface area contributed by atoms with E-state index in [1.54, 1.807) is 37.4 Å². The summed E-state index contributed by atoms with van der Waals surface area (Å²) in [6, 6.07) is 14.7. The summed E-state index contributed by atoms with van der Waals surface area (Å²) in [5, 5.41) is 7.40. The number of anilines is 1. The molecule has 0 saturated heterocycles. The average Bonchev–Trinajstić information content (AvgIpc) is 2.88. The minimum atomic E-state index is -4.50. The molecule has 0 fully saturated rings. The van der Waals surface area contributed by atoms with Crippen LogP contribution < -0.4 is 9.46 Å². The molecule has 7 nitrogen and oxygen atoms in total. The standard InChI is InChI=1S/C26H21F3N4O3S/c1-16-4-5-17(15-30-16)23-13-18(26(27,28)29)6-8-20(23)21-10-12-36-24-14-19(7-9-22(21)24)37(34,35)33-25-3-2-11-31-32-25/h2-9,11,13-15,21H,10,12H2,1H3,(H,32,33)/t21-/m1/s1. The summed E-state index contributed by atoms with van der Waals surface area (Å²) in [6.07, 6.45) is -1.01. The van der Waals surface area contributed by atoms with Gasteiger partial charge >= 0.3 is 6.18 Å². The van der Waals surface area contributed by atoms with Crippen molar-refractivity contribution in [2.24, 2.45) is 0 Å². The quantitative estimate of drug-likeness (QED) is 0.365. The second-order valence-electron chi connectivity index (χ2n) is 8.59. The van der Waals surface area contributed by atoms with Crippen molar-refractivity contribution in [1.29, 1.82) is 0 Å². The number of nitrogens with one attached hydrogen (secondary N) is 1. The third-order valence-corrected chi connectivity index (χ3v) is 7.48. The molecule has 0 saturated carbocycles. The highest BCUT2D eigenvalue weighted by atomic mass is 32.2. The maximum atomic E-state index is 13.6. The molecule has 3 heterocycles. The van der Waals surface area contributed by atoms with E-state index in [4.69, 9.17) is 4.74 Å². The van der Waals surface area contributed by atoms with Gasteiger partial charge in [0.15, 0.2) is 5.82 Å². The number of aromatic nitrogens is 3. The molecule has 5 rings (SSSR count). The topological polar surface area (TPSA) is 94.1 Å². The van der Waals surface area contributed by atoms with Gasteiger partial charge in [-0.15, -0.1) is 5.10 Å². The molecule has 1 aliphatic heterocycles. The van der Waals surface area contributed by atoms with Gasteiger partial charge in [0.1, 0.15) is 5.75 Å². The fourth-order valence-electron chi connectivity index (χ4n) is 4.33. The molecule has 0 spiro atoms. The summed E-state index contributed by atoms with van der Waals surface area (Å²) < 4.78 is 74.6. The molecule has 1 aliphatic rings. The summed E-state index contributed by atoms with van der Waals surface area (Å²) in [6.45, 7) is 2.07. The molecule has 11 heteroatoms. The number of benzene rings is 2. The Kier molecular flexibility index (Phi) is 6.32. The zero-order valence-electron chi connectivity index (χ0n) is 19.5. The number of fused-ring (bicyclic) bond motifs is 1. The number of hydrogen-bond acceptors (Lipinski definition) is 6. The third kappa shape index (κ3) is 5.12.